The van der Waals surface area contributed by atoms with E-state index in [0.717, 1.165) is 12.8 Å². The number of carboxylic acid groups (broad SMARTS) is 1. The van der Waals surface area contributed by atoms with Crippen molar-refractivity contribution in [3.63, 3.8) is 0 Å². The monoisotopic (exact) mass is 299 g/mol. The molecule has 0 heterocycles. The summed E-state index contributed by atoms with van der Waals surface area (Å²) < 4.78 is 0. The zero-order valence-corrected chi connectivity index (χ0v) is 12.4. The maximum absolute atomic E-state index is 12.2. The summed E-state index contributed by atoms with van der Waals surface area (Å²) in [5, 5.41) is 14.3. The van der Waals surface area contributed by atoms with Crippen LogP contribution in [-0.2, 0) is 9.59 Å². The summed E-state index contributed by atoms with van der Waals surface area (Å²) in [7, 11) is 0. The minimum Gasteiger partial charge on any atom is -0.481 e. The lowest BCUT2D eigenvalue weighted by Gasteiger charge is -2.28. The van der Waals surface area contributed by atoms with Gasteiger partial charge in [-0.05, 0) is 32.1 Å². The topological polar surface area (TPSA) is 122 Å². The highest BCUT2D eigenvalue weighted by Gasteiger charge is 2.28. The van der Waals surface area contributed by atoms with Crippen LogP contribution < -0.4 is 16.4 Å². The van der Waals surface area contributed by atoms with E-state index in [1.165, 1.54) is 0 Å². The minimum absolute atomic E-state index is 0.0214. The number of carboxylic acids is 1. The second-order valence-corrected chi connectivity index (χ2v) is 5.60. The van der Waals surface area contributed by atoms with Gasteiger partial charge in [-0.25, -0.2) is 4.79 Å². The molecule has 0 aromatic heterocycles. The summed E-state index contributed by atoms with van der Waals surface area (Å²) >= 11 is 0. The Bertz CT molecular complexity index is 378. The fraction of sp³-hybridized carbons (Fsp3) is 0.786. The molecular formula is C14H25N3O4. The van der Waals surface area contributed by atoms with Crippen LogP contribution >= 0.6 is 0 Å². The van der Waals surface area contributed by atoms with E-state index in [2.05, 4.69) is 10.6 Å². The molecule has 7 heteroatoms. The van der Waals surface area contributed by atoms with Crippen LogP contribution in [0.4, 0.5) is 4.79 Å². The second kappa shape index (κ2) is 8.49. The van der Waals surface area contributed by atoms with Crippen molar-refractivity contribution in [2.24, 2.45) is 11.7 Å². The third kappa shape index (κ3) is 6.01. The summed E-state index contributed by atoms with van der Waals surface area (Å²) in [4.78, 5) is 34.0. The standard InChI is InChI=1S/C14H25N3O4/c1-2-3-4-11(17-14(15)21)12(18)16-10-7-5-9(6-8-10)13(19)20/h9-11H,2-8H2,1H3,(H,16,18)(H,19,20)(H3,15,17,21). The van der Waals surface area contributed by atoms with Crippen molar-refractivity contribution in [2.45, 2.75) is 64.0 Å². The SMILES string of the molecule is CCCCC(NC(N)=O)C(=O)NC1CCC(C(=O)O)CC1. The highest BCUT2D eigenvalue weighted by Crippen LogP contribution is 2.24. The Morgan fingerprint density at radius 2 is 1.86 bits per heavy atom. The Balaban J connectivity index is 2.45. The highest BCUT2D eigenvalue weighted by atomic mass is 16.4. The molecule has 1 rings (SSSR count). The predicted molar refractivity (Wildman–Crippen MR) is 77.6 cm³/mol. The molecule has 1 aliphatic carbocycles. The highest BCUT2D eigenvalue weighted by molar-refractivity contribution is 5.86. The van der Waals surface area contributed by atoms with Crippen LogP contribution in [0.25, 0.3) is 0 Å². The third-order valence-corrected chi connectivity index (χ3v) is 3.90. The van der Waals surface area contributed by atoms with Crippen LogP contribution in [0.1, 0.15) is 51.9 Å². The predicted octanol–water partition coefficient (Wildman–Crippen LogP) is 0.973. The van der Waals surface area contributed by atoms with E-state index in [1.54, 1.807) is 0 Å². The molecule has 0 bridgehead atoms. The van der Waals surface area contributed by atoms with E-state index in [9.17, 15) is 14.4 Å². The fourth-order valence-corrected chi connectivity index (χ4v) is 2.64. The lowest BCUT2D eigenvalue weighted by atomic mass is 9.86. The zero-order valence-electron chi connectivity index (χ0n) is 12.4. The van der Waals surface area contributed by atoms with Crippen LogP contribution in [0, 0.1) is 5.92 Å². The van der Waals surface area contributed by atoms with E-state index in [0.29, 0.717) is 32.1 Å². The number of urea groups is 1. The average molecular weight is 299 g/mol. The summed E-state index contributed by atoms with van der Waals surface area (Å²) in [5.74, 6) is -1.31. The lowest BCUT2D eigenvalue weighted by Crippen LogP contribution is -2.51. The normalized spacial score (nSPS) is 23.1. The van der Waals surface area contributed by atoms with Gasteiger partial charge < -0.3 is 21.5 Å². The van der Waals surface area contributed by atoms with Gasteiger partial charge in [-0.2, -0.15) is 0 Å². The number of carbonyl (C=O) groups excluding carboxylic acids is 2. The number of rotatable bonds is 7. The molecule has 1 unspecified atom stereocenters. The molecule has 1 aliphatic rings. The van der Waals surface area contributed by atoms with Crippen LogP contribution in [0.15, 0.2) is 0 Å². The van der Waals surface area contributed by atoms with Crippen LogP contribution in [0.2, 0.25) is 0 Å². The van der Waals surface area contributed by atoms with Gasteiger partial charge >= 0.3 is 12.0 Å². The minimum atomic E-state index is -0.768. The number of nitrogens with one attached hydrogen (secondary N) is 2. The summed E-state index contributed by atoms with van der Waals surface area (Å²) in [6.45, 7) is 2.01. The Hall–Kier alpha value is -1.79. The summed E-state index contributed by atoms with van der Waals surface area (Å²) in [6.07, 6.45) is 4.75. The summed E-state index contributed by atoms with van der Waals surface area (Å²) in [6, 6.07) is -1.34. The summed E-state index contributed by atoms with van der Waals surface area (Å²) in [5.41, 5.74) is 5.09. The van der Waals surface area contributed by atoms with Crippen molar-refractivity contribution < 1.29 is 19.5 Å². The van der Waals surface area contributed by atoms with Gasteiger partial charge in [0.25, 0.3) is 0 Å². The second-order valence-electron chi connectivity index (χ2n) is 5.60. The number of primary amides is 1. The van der Waals surface area contributed by atoms with Gasteiger partial charge in [-0.1, -0.05) is 19.8 Å². The first-order valence-corrected chi connectivity index (χ1v) is 7.53. The Morgan fingerprint density at radius 1 is 1.24 bits per heavy atom. The first kappa shape index (κ1) is 17.3. The number of unbranched alkanes of at least 4 members (excludes halogenated alkanes) is 1. The van der Waals surface area contributed by atoms with Crippen molar-refractivity contribution in [2.75, 3.05) is 0 Å². The van der Waals surface area contributed by atoms with Gasteiger partial charge in [0.15, 0.2) is 0 Å². The molecular weight excluding hydrogens is 274 g/mol. The first-order chi connectivity index (χ1) is 9.93. The average Bonchev–Trinajstić information content (AvgIpc) is 2.43. The van der Waals surface area contributed by atoms with E-state index in [1.807, 2.05) is 6.92 Å². The number of aliphatic carboxylic acids is 1. The molecule has 7 nitrogen and oxygen atoms in total. The van der Waals surface area contributed by atoms with Crippen LogP contribution in [0.3, 0.4) is 0 Å². The number of hydrogen-bond donors (Lipinski definition) is 4. The van der Waals surface area contributed by atoms with Crippen molar-refractivity contribution in [1.29, 1.82) is 0 Å². The molecule has 0 aromatic rings. The molecule has 120 valence electrons. The number of carbonyl (C=O) groups is 3. The quantitative estimate of drug-likeness (QED) is 0.559. The van der Waals surface area contributed by atoms with E-state index in [-0.39, 0.29) is 17.9 Å². The van der Waals surface area contributed by atoms with Crippen LogP contribution in [-0.4, -0.2) is 35.1 Å². The first-order valence-electron chi connectivity index (χ1n) is 7.53. The molecule has 0 spiro atoms. The number of amides is 3. The van der Waals surface area contributed by atoms with Crippen molar-refractivity contribution in [3.05, 3.63) is 0 Å². The molecule has 0 saturated heterocycles. The Kier molecular flexibility index (Phi) is 6.98. The number of nitrogens with two attached hydrogens (primary N) is 1. The van der Waals surface area contributed by atoms with Gasteiger partial charge in [0, 0.05) is 6.04 Å². The molecule has 0 aromatic carbocycles. The lowest BCUT2D eigenvalue weighted by molar-refractivity contribution is -0.142. The van der Waals surface area contributed by atoms with Gasteiger partial charge in [-0.15, -0.1) is 0 Å². The van der Waals surface area contributed by atoms with Crippen molar-refractivity contribution >= 4 is 17.9 Å². The molecule has 0 aliphatic heterocycles. The molecule has 0 radical (unpaired) electrons. The molecule has 1 atom stereocenters. The number of hydrogen-bond acceptors (Lipinski definition) is 3. The Morgan fingerprint density at radius 3 is 2.33 bits per heavy atom. The smallest absolute Gasteiger partial charge is 0.312 e. The largest absolute Gasteiger partial charge is 0.481 e. The molecule has 21 heavy (non-hydrogen) atoms. The zero-order chi connectivity index (χ0) is 15.8. The van der Waals surface area contributed by atoms with E-state index < -0.39 is 18.0 Å². The van der Waals surface area contributed by atoms with Gasteiger partial charge in [0.1, 0.15) is 6.04 Å². The molecule has 3 amide bonds. The van der Waals surface area contributed by atoms with Gasteiger partial charge in [0.2, 0.25) is 5.91 Å². The van der Waals surface area contributed by atoms with E-state index in [4.69, 9.17) is 10.8 Å². The van der Waals surface area contributed by atoms with E-state index >= 15 is 0 Å². The van der Waals surface area contributed by atoms with Crippen LogP contribution in [0.5, 0.6) is 0 Å². The Labute approximate surface area is 124 Å². The van der Waals surface area contributed by atoms with Crippen molar-refractivity contribution in [3.8, 4) is 0 Å². The maximum atomic E-state index is 12.2. The molecule has 1 saturated carbocycles. The maximum Gasteiger partial charge on any atom is 0.312 e. The fourth-order valence-electron chi connectivity index (χ4n) is 2.64. The van der Waals surface area contributed by atoms with Gasteiger partial charge in [0.05, 0.1) is 5.92 Å². The van der Waals surface area contributed by atoms with Crippen molar-refractivity contribution in [1.82, 2.24) is 10.6 Å². The third-order valence-electron chi connectivity index (χ3n) is 3.90. The van der Waals surface area contributed by atoms with Gasteiger partial charge in [-0.3, -0.25) is 9.59 Å². The molecule has 5 N–H and O–H groups in total. The molecule has 1 fully saturated rings.